The maximum Gasteiger partial charge on any atom is 0.253 e. The van der Waals surface area contributed by atoms with Crippen molar-refractivity contribution in [3.05, 3.63) is 64.8 Å². The van der Waals surface area contributed by atoms with Gasteiger partial charge in [0.2, 0.25) is 5.91 Å². The van der Waals surface area contributed by atoms with Crippen LogP contribution in [0.25, 0.3) is 11.3 Å². The van der Waals surface area contributed by atoms with Crippen molar-refractivity contribution in [2.75, 3.05) is 36.5 Å². The van der Waals surface area contributed by atoms with Crippen molar-refractivity contribution in [3.8, 4) is 11.3 Å². The summed E-state index contributed by atoms with van der Waals surface area (Å²) < 4.78 is 6.63. The number of amides is 1. The summed E-state index contributed by atoms with van der Waals surface area (Å²) >= 11 is 0. The Morgan fingerprint density at radius 3 is 2.70 bits per heavy atom. The molecule has 0 atom stereocenters. The molecule has 9 nitrogen and oxygen atoms in total. The first-order valence-electron chi connectivity index (χ1n) is 9.68. The number of carbonyl (C=O) groups is 1. The molecule has 1 aliphatic heterocycles. The van der Waals surface area contributed by atoms with E-state index in [4.69, 9.17) is 4.74 Å². The van der Waals surface area contributed by atoms with Crippen molar-refractivity contribution in [2.45, 2.75) is 13.5 Å². The van der Waals surface area contributed by atoms with Crippen LogP contribution in [0, 0.1) is 6.92 Å². The van der Waals surface area contributed by atoms with Crippen LogP contribution >= 0.6 is 0 Å². The van der Waals surface area contributed by atoms with Gasteiger partial charge in [-0.1, -0.05) is 12.1 Å². The van der Waals surface area contributed by atoms with Crippen molar-refractivity contribution >= 4 is 17.4 Å². The van der Waals surface area contributed by atoms with E-state index in [2.05, 4.69) is 25.4 Å². The third-order valence-electron chi connectivity index (χ3n) is 4.76. The Morgan fingerprint density at radius 1 is 1.13 bits per heavy atom. The van der Waals surface area contributed by atoms with Crippen LogP contribution < -0.4 is 15.8 Å². The number of anilines is 2. The molecule has 9 heteroatoms. The van der Waals surface area contributed by atoms with Gasteiger partial charge >= 0.3 is 0 Å². The highest BCUT2D eigenvalue weighted by molar-refractivity contribution is 5.91. The van der Waals surface area contributed by atoms with Gasteiger partial charge in [-0.05, 0) is 31.2 Å². The summed E-state index contributed by atoms with van der Waals surface area (Å²) in [6.45, 7) is 4.61. The third-order valence-corrected chi connectivity index (χ3v) is 4.76. The predicted molar refractivity (Wildman–Crippen MR) is 112 cm³/mol. The van der Waals surface area contributed by atoms with E-state index in [1.54, 1.807) is 13.0 Å². The van der Waals surface area contributed by atoms with E-state index in [9.17, 15) is 9.59 Å². The highest BCUT2D eigenvalue weighted by Gasteiger charge is 2.13. The SMILES string of the molecule is Cc1cc(=O)n(CC(=O)Nc2cccc(-c3ccc(N4CCOCC4)nn3)c2)cn1. The number of aromatic nitrogens is 4. The normalized spacial score (nSPS) is 13.8. The fourth-order valence-corrected chi connectivity index (χ4v) is 3.19. The molecular formula is C21H22N6O3. The minimum Gasteiger partial charge on any atom is -0.378 e. The molecule has 1 aliphatic rings. The van der Waals surface area contributed by atoms with Gasteiger partial charge < -0.3 is 15.0 Å². The molecule has 4 rings (SSSR count). The van der Waals surface area contributed by atoms with Crippen LogP contribution in [0.15, 0.2) is 53.6 Å². The average molecular weight is 406 g/mol. The zero-order valence-corrected chi connectivity index (χ0v) is 16.6. The maximum absolute atomic E-state index is 12.3. The van der Waals surface area contributed by atoms with Crippen LogP contribution in [0.1, 0.15) is 5.69 Å². The van der Waals surface area contributed by atoms with Gasteiger partial charge in [0, 0.05) is 36.1 Å². The summed E-state index contributed by atoms with van der Waals surface area (Å²) in [5.41, 5.74) is 2.52. The lowest BCUT2D eigenvalue weighted by Crippen LogP contribution is -2.36. The van der Waals surface area contributed by atoms with E-state index < -0.39 is 0 Å². The predicted octanol–water partition coefficient (Wildman–Crippen LogP) is 1.48. The van der Waals surface area contributed by atoms with Gasteiger partial charge in [0.05, 0.1) is 25.2 Å². The lowest BCUT2D eigenvalue weighted by Gasteiger charge is -2.27. The summed E-state index contributed by atoms with van der Waals surface area (Å²) in [6.07, 6.45) is 1.37. The van der Waals surface area contributed by atoms with E-state index >= 15 is 0 Å². The number of nitrogens with zero attached hydrogens (tertiary/aromatic N) is 5. The summed E-state index contributed by atoms with van der Waals surface area (Å²) in [6, 6.07) is 12.6. The van der Waals surface area contributed by atoms with Gasteiger partial charge in [0.15, 0.2) is 5.82 Å². The van der Waals surface area contributed by atoms with Gasteiger partial charge in [0.1, 0.15) is 6.54 Å². The maximum atomic E-state index is 12.3. The molecule has 1 N–H and O–H groups in total. The molecule has 1 aromatic carbocycles. The number of ether oxygens (including phenoxy) is 1. The first kappa shape index (κ1) is 19.7. The minimum absolute atomic E-state index is 0.107. The summed E-state index contributed by atoms with van der Waals surface area (Å²) in [7, 11) is 0. The quantitative estimate of drug-likeness (QED) is 0.685. The number of aryl methyl sites for hydroxylation is 1. The van der Waals surface area contributed by atoms with E-state index in [0.717, 1.165) is 24.5 Å². The zero-order chi connectivity index (χ0) is 20.9. The van der Waals surface area contributed by atoms with Crippen LogP contribution in [0.5, 0.6) is 0 Å². The van der Waals surface area contributed by atoms with Gasteiger partial charge in [-0.25, -0.2) is 4.98 Å². The first-order chi connectivity index (χ1) is 14.6. The molecule has 0 saturated carbocycles. The Kier molecular flexibility index (Phi) is 5.80. The second kappa shape index (κ2) is 8.83. The molecule has 1 fully saturated rings. The molecule has 3 heterocycles. The van der Waals surface area contributed by atoms with Crippen LogP contribution in [-0.2, 0) is 16.1 Å². The van der Waals surface area contributed by atoms with Crippen LogP contribution in [0.3, 0.4) is 0 Å². The van der Waals surface area contributed by atoms with Crippen molar-refractivity contribution in [2.24, 2.45) is 0 Å². The molecule has 1 saturated heterocycles. The molecule has 3 aromatic rings. The molecule has 30 heavy (non-hydrogen) atoms. The summed E-state index contributed by atoms with van der Waals surface area (Å²) in [5, 5.41) is 11.5. The molecule has 154 valence electrons. The first-order valence-corrected chi connectivity index (χ1v) is 9.68. The molecule has 0 bridgehead atoms. The van der Waals surface area contributed by atoms with E-state index in [0.29, 0.717) is 30.3 Å². The van der Waals surface area contributed by atoms with Gasteiger partial charge in [-0.15, -0.1) is 10.2 Å². The molecular weight excluding hydrogens is 384 g/mol. The number of benzene rings is 1. The lowest BCUT2D eigenvalue weighted by molar-refractivity contribution is -0.116. The summed E-state index contributed by atoms with van der Waals surface area (Å²) in [4.78, 5) is 30.5. The number of carbonyl (C=O) groups excluding carboxylic acids is 1. The fourth-order valence-electron chi connectivity index (χ4n) is 3.19. The fraction of sp³-hybridized carbons (Fsp3) is 0.286. The minimum atomic E-state index is -0.311. The Hall–Kier alpha value is -3.59. The Labute approximate surface area is 173 Å². The van der Waals surface area contributed by atoms with E-state index in [1.807, 2.05) is 30.3 Å². The third kappa shape index (κ3) is 4.69. The van der Waals surface area contributed by atoms with Crippen molar-refractivity contribution in [1.82, 2.24) is 19.7 Å². The van der Waals surface area contributed by atoms with E-state index in [-0.39, 0.29) is 18.0 Å². The number of nitrogens with one attached hydrogen (secondary N) is 1. The topological polar surface area (TPSA) is 102 Å². The van der Waals surface area contributed by atoms with E-state index in [1.165, 1.54) is 17.0 Å². The van der Waals surface area contributed by atoms with Gasteiger partial charge in [-0.3, -0.25) is 14.2 Å². The standard InChI is InChI=1S/C21H22N6O3/c1-15-11-21(29)27(14-22-15)13-20(28)23-17-4-2-3-16(12-17)18-5-6-19(25-24-18)26-7-9-30-10-8-26/h2-6,11-12,14H,7-10,13H2,1H3,(H,23,28). The van der Waals surface area contributed by atoms with Crippen LogP contribution in [0.4, 0.5) is 11.5 Å². The summed E-state index contributed by atoms with van der Waals surface area (Å²) in [5.74, 6) is 0.511. The average Bonchev–Trinajstić information content (AvgIpc) is 2.77. The highest BCUT2D eigenvalue weighted by atomic mass is 16.5. The monoisotopic (exact) mass is 406 g/mol. The molecule has 2 aromatic heterocycles. The number of morpholine rings is 1. The molecule has 0 unspecified atom stereocenters. The smallest absolute Gasteiger partial charge is 0.253 e. The number of hydrogen-bond donors (Lipinski definition) is 1. The highest BCUT2D eigenvalue weighted by Crippen LogP contribution is 2.22. The second-order valence-electron chi connectivity index (χ2n) is 7.00. The lowest BCUT2D eigenvalue weighted by atomic mass is 10.1. The Bertz CT molecular complexity index is 1090. The Balaban J connectivity index is 1.44. The van der Waals surface area contributed by atoms with Crippen molar-refractivity contribution in [3.63, 3.8) is 0 Å². The molecule has 0 radical (unpaired) electrons. The van der Waals surface area contributed by atoms with Crippen molar-refractivity contribution in [1.29, 1.82) is 0 Å². The van der Waals surface area contributed by atoms with Gasteiger partial charge in [-0.2, -0.15) is 0 Å². The number of hydrogen-bond acceptors (Lipinski definition) is 7. The van der Waals surface area contributed by atoms with Gasteiger partial charge in [0.25, 0.3) is 5.56 Å². The number of rotatable bonds is 5. The molecule has 0 spiro atoms. The largest absolute Gasteiger partial charge is 0.378 e. The second-order valence-corrected chi connectivity index (χ2v) is 7.00. The molecule has 0 aliphatic carbocycles. The van der Waals surface area contributed by atoms with Crippen LogP contribution in [-0.4, -0.2) is 52.0 Å². The Morgan fingerprint density at radius 2 is 1.97 bits per heavy atom. The van der Waals surface area contributed by atoms with Crippen LogP contribution in [0.2, 0.25) is 0 Å². The molecule has 1 amide bonds. The zero-order valence-electron chi connectivity index (χ0n) is 16.6. The van der Waals surface area contributed by atoms with Crippen molar-refractivity contribution < 1.29 is 9.53 Å².